The first-order chi connectivity index (χ1) is 35.5. The SMILES string of the molecule is COc1cc(/N=N/c2ccc(C)cc2[N+](=O)[O-])c(C)cc1/N=N/c1ccc(N(CCO)CCOP(=O)(O)OCCCCCCNC(=O)c2ccc(C(=O)O)c(-c3c4ccc(=O)cc-4oc4cc(O)ccc34)c2)cc1. The number of phenols is 1. The first kappa shape index (κ1) is 53.6. The van der Waals surface area contributed by atoms with Crippen molar-refractivity contribution in [3.63, 3.8) is 0 Å². The second-order valence-electron chi connectivity index (χ2n) is 16.9. The van der Waals surface area contributed by atoms with E-state index < -0.39 is 24.6 Å². The number of nitrogens with one attached hydrogen (secondary N) is 1. The van der Waals surface area contributed by atoms with Crippen LogP contribution in [0, 0.1) is 24.0 Å². The second-order valence-corrected chi connectivity index (χ2v) is 18.3. The average Bonchev–Trinajstić information content (AvgIpc) is 3.37. The summed E-state index contributed by atoms with van der Waals surface area (Å²) in [6, 6.07) is 27.6. The van der Waals surface area contributed by atoms with Gasteiger partial charge in [-0.1, -0.05) is 18.9 Å². The van der Waals surface area contributed by atoms with Crippen LogP contribution in [0.1, 0.15) is 57.5 Å². The number of hydrogen-bond acceptors (Lipinski definition) is 17. The monoisotopic (exact) mass is 1030 g/mol. The van der Waals surface area contributed by atoms with E-state index in [0.717, 1.165) is 5.56 Å². The minimum absolute atomic E-state index is 0.0530. The van der Waals surface area contributed by atoms with Crippen LogP contribution in [0.2, 0.25) is 0 Å². The lowest BCUT2D eigenvalue weighted by molar-refractivity contribution is -0.384. The number of aromatic carboxylic acids is 1. The van der Waals surface area contributed by atoms with Gasteiger partial charge >= 0.3 is 13.8 Å². The van der Waals surface area contributed by atoms with Gasteiger partial charge in [-0.3, -0.25) is 28.8 Å². The third-order valence-corrected chi connectivity index (χ3v) is 12.7. The van der Waals surface area contributed by atoms with Gasteiger partial charge in [0.25, 0.3) is 11.6 Å². The standard InChI is InChI=1S/C52H52N7O14P/c1-32-8-19-43(46(26-32)59(66)67)55-56-44-31-49(70-3)45(27-33(44)2)57-54-35-10-12-36(13-11-35)58(21-23-60)22-25-72-74(68,69)71-24-7-5-4-6-20-53-51(63)34-9-16-39(52(64)65)42(28-34)50-40-17-14-37(61)29-47(40)73-48-30-38(62)15-18-41(48)50/h8-19,26-31,60-61H,4-7,20-25H2,1-3H3,(H,53,63)(H,64,65)(H,68,69)/b56-55+,57-54+. The Bertz CT molecular complexity index is 3330. The van der Waals surface area contributed by atoms with E-state index in [1.54, 1.807) is 67.3 Å². The summed E-state index contributed by atoms with van der Waals surface area (Å²) in [6.07, 6.45) is 2.28. The van der Waals surface area contributed by atoms with Crippen LogP contribution in [0.4, 0.5) is 34.1 Å². The van der Waals surface area contributed by atoms with Crippen LogP contribution >= 0.6 is 7.82 Å². The van der Waals surface area contributed by atoms with E-state index in [2.05, 4.69) is 25.8 Å². The van der Waals surface area contributed by atoms with E-state index in [1.807, 2.05) is 0 Å². The summed E-state index contributed by atoms with van der Waals surface area (Å²) in [5.41, 5.74) is 4.44. The van der Waals surface area contributed by atoms with Crippen molar-refractivity contribution < 1.29 is 57.5 Å². The highest BCUT2D eigenvalue weighted by molar-refractivity contribution is 7.47. The number of carboxylic acid groups (broad SMARTS) is 1. The molecule has 0 bridgehead atoms. The van der Waals surface area contributed by atoms with Crippen molar-refractivity contribution in [3.05, 3.63) is 152 Å². The van der Waals surface area contributed by atoms with Crippen molar-refractivity contribution in [2.75, 3.05) is 51.5 Å². The zero-order chi connectivity index (χ0) is 52.9. The Balaban J connectivity index is 0.851. The van der Waals surface area contributed by atoms with E-state index >= 15 is 0 Å². The quantitative estimate of drug-likeness (QED) is 0.00938. The average molecular weight is 1030 g/mol. The fourth-order valence-electron chi connectivity index (χ4n) is 7.91. The summed E-state index contributed by atoms with van der Waals surface area (Å²) >= 11 is 0. The first-order valence-corrected chi connectivity index (χ1v) is 24.7. The number of aryl methyl sites for hydroxylation is 2. The molecular weight excluding hydrogens is 978 g/mol. The number of nitro groups is 1. The number of benzene rings is 6. The van der Waals surface area contributed by atoms with Gasteiger partial charge < -0.3 is 39.6 Å². The van der Waals surface area contributed by atoms with Crippen molar-refractivity contribution in [2.45, 2.75) is 39.5 Å². The van der Waals surface area contributed by atoms with E-state index in [0.29, 0.717) is 82.8 Å². The van der Waals surface area contributed by atoms with Gasteiger partial charge in [0.05, 0.1) is 48.8 Å². The van der Waals surface area contributed by atoms with Crippen LogP contribution in [0.15, 0.2) is 139 Å². The van der Waals surface area contributed by atoms with Crippen LogP contribution in [0.5, 0.6) is 11.5 Å². The molecule has 0 saturated heterocycles. The molecule has 0 saturated carbocycles. The lowest BCUT2D eigenvalue weighted by Gasteiger charge is -2.24. The molecule has 7 rings (SSSR count). The molecule has 384 valence electrons. The summed E-state index contributed by atoms with van der Waals surface area (Å²) in [6.45, 7) is 3.74. The fourth-order valence-corrected chi connectivity index (χ4v) is 8.66. The van der Waals surface area contributed by atoms with Gasteiger partial charge in [0.15, 0.2) is 11.1 Å². The molecular formula is C52H52N7O14P. The molecule has 1 amide bonds. The number of unbranched alkanes of at least 4 members (excludes halogenated alkanes) is 3. The topological polar surface area (TPSA) is 298 Å². The molecule has 1 atom stereocenters. The lowest BCUT2D eigenvalue weighted by Crippen LogP contribution is -2.30. The number of phenolic OH excluding ortho intramolecular Hbond substituents is 1. The molecule has 0 fully saturated rings. The number of ether oxygens (including phenoxy) is 1. The number of carbonyl (C=O) groups is 2. The highest BCUT2D eigenvalue weighted by Crippen LogP contribution is 2.44. The maximum absolute atomic E-state index is 13.3. The lowest BCUT2D eigenvalue weighted by atomic mass is 9.89. The Morgan fingerprint density at radius 3 is 2.28 bits per heavy atom. The number of fused-ring (bicyclic) bond motifs is 2. The third-order valence-electron chi connectivity index (χ3n) is 11.6. The molecule has 21 nitrogen and oxygen atoms in total. The summed E-state index contributed by atoms with van der Waals surface area (Å²) in [4.78, 5) is 61.0. The van der Waals surface area contributed by atoms with Crippen molar-refractivity contribution in [1.29, 1.82) is 0 Å². The third kappa shape index (κ3) is 13.6. The largest absolute Gasteiger partial charge is 0.508 e. The number of carboxylic acids is 1. The molecule has 0 spiro atoms. The molecule has 5 aromatic rings. The van der Waals surface area contributed by atoms with Gasteiger partial charge in [-0.25, -0.2) is 9.36 Å². The number of aromatic hydroxyl groups is 1. The number of amides is 1. The molecule has 0 aromatic heterocycles. The van der Waals surface area contributed by atoms with Crippen molar-refractivity contribution in [3.8, 4) is 33.9 Å². The second kappa shape index (κ2) is 24.5. The Labute approximate surface area is 423 Å². The van der Waals surface area contributed by atoms with Gasteiger partial charge in [0.2, 0.25) is 0 Å². The number of aliphatic hydroxyl groups is 1. The predicted molar refractivity (Wildman–Crippen MR) is 275 cm³/mol. The Morgan fingerprint density at radius 1 is 0.797 bits per heavy atom. The summed E-state index contributed by atoms with van der Waals surface area (Å²) in [5, 5.41) is 61.8. The molecule has 1 heterocycles. The van der Waals surface area contributed by atoms with Gasteiger partial charge in [-0.15, -0.1) is 15.3 Å². The van der Waals surface area contributed by atoms with E-state index in [4.69, 9.17) is 18.2 Å². The van der Waals surface area contributed by atoms with E-state index in [9.17, 15) is 49.3 Å². The van der Waals surface area contributed by atoms with Crippen LogP contribution < -0.4 is 20.4 Å². The number of rotatable bonds is 24. The van der Waals surface area contributed by atoms with E-state index in [-0.39, 0.29) is 83.5 Å². The van der Waals surface area contributed by atoms with Gasteiger partial charge in [0, 0.05) is 71.7 Å². The maximum Gasteiger partial charge on any atom is 0.472 e. The highest BCUT2D eigenvalue weighted by atomic mass is 31.2. The molecule has 1 aliphatic heterocycles. The van der Waals surface area contributed by atoms with Gasteiger partial charge in [-0.2, -0.15) is 5.11 Å². The molecule has 22 heteroatoms. The van der Waals surface area contributed by atoms with Crippen LogP contribution in [0.25, 0.3) is 33.4 Å². The number of phosphoric ester groups is 1. The van der Waals surface area contributed by atoms with Crippen LogP contribution in [-0.4, -0.2) is 83.6 Å². The number of aliphatic hydroxyl groups excluding tert-OH is 1. The number of nitrogens with zero attached hydrogens (tertiary/aromatic N) is 6. The molecule has 1 unspecified atom stereocenters. The van der Waals surface area contributed by atoms with Crippen LogP contribution in [-0.2, 0) is 13.6 Å². The summed E-state index contributed by atoms with van der Waals surface area (Å²) in [7, 11) is -2.95. The molecule has 5 N–H and O–H groups in total. The zero-order valence-corrected chi connectivity index (χ0v) is 41.4. The number of phosphoric acid groups is 1. The number of hydrogen-bond donors (Lipinski definition) is 5. The van der Waals surface area contributed by atoms with Crippen LogP contribution in [0.3, 0.4) is 0 Å². The number of carbonyl (C=O) groups excluding carboxylic acids is 1. The Hall–Kier alpha value is -8.20. The molecule has 2 aliphatic rings. The summed E-state index contributed by atoms with van der Waals surface area (Å²) in [5.74, 6) is -1.23. The smallest absolute Gasteiger partial charge is 0.472 e. The van der Waals surface area contributed by atoms with E-state index in [1.165, 1.54) is 67.8 Å². The zero-order valence-electron chi connectivity index (χ0n) is 40.5. The number of azo groups is 2. The normalized spacial score (nSPS) is 12.4. The predicted octanol–water partition coefficient (Wildman–Crippen LogP) is 11.3. The Kier molecular flexibility index (Phi) is 17.7. The van der Waals surface area contributed by atoms with Crippen molar-refractivity contribution in [2.24, 2.45) is 20.5 Å². The van der Waals surface area contributed by atoms with Gasteiger partial charge in [0.1, 0.15) is 28.5 Å². The maximum atomic E-state index is 13.3. The highest BCUT2D eigenvalue weighted by Gasteiger charge is 2.25. The molecule has 0 radical (unpaired) electrons. The van der Waals surface area contributed by atoms with Crippen molar-refractivity contribution in [1.82, 2.24) is 5.32 Å². The fraction of sp³-hybridized carbons (Fsp3) is 0.250. The molecule has 1 aliphatic carbocycles. The minimum Gasteiger partial charge on any atom is -0.508 e. The molecule has 5 aromatic carbocycles. The molecule has 74 heavy (non-hydrogen) atoms. The first-order valence-electron chi connectivity index (χ1n) is 23.2. The van der Waals surface area contributed by atoms with Gasteiger partial charge in [-0.05, 0) is 122 Å². The number of methoxy groups -OCH3 is 1. The Morgan fingerprint density at radius 2 is 1.54 bits per heavy atom. The summed E-state index contributed by atoms with van der Waals surface area (Å²) < 4.78 is 34.5. The minimum atomic E-state index is -4.41. The van der Waals surface area contributed by atoms with Crippen molar-refractivity contribution >= 4 is 64.8 Å². The number of anilines is 1. The number of nitro benzene ring substituents is 1.